The van der Waals surface area contributed by atoms with Crippen LogP contribution in [-0.4, -0.2) is 11.1 Å². The van der Waals surface area contributed by atoms with Crippen molar-refractivity contribution < 1.29 is 19.1 Å². The van der Waals surface area contributed by atoms with E-state index in [2.05, 4.69) is 5.32 Å². The molecule has 0 atom stereocenters. The van der Waals surface area contributed by atoms with Gasteiger partial charge in [0, 0.05) is 5.69 Å². The molecule has 2 N–H and O–H groups in total. The van der Waals surface area contributed by atoms with Gasteiger partial charge in [0.15, 0.2) is 0 Å². The van der Waals surface area contributed by atoms with Crippen molar-refractivity contribution in [3.63, 3.8) is 0 Å². The van der Waals surface area contributed by atoms with Gasteiger partial charge in [-0.1, -0.05) is 18.2 Å². The number of ether oxygens (including phenoxy) is 1. The summed E-state index contributed by atoms with van der Waals surface area (Å²) in [5, 5.41) is 12.0. The highest BCUT2D eigenvalue weighted by Gasteiger charge is 2.08. The molecule has 0 bridgehead atoms. The molecule has 0 unspecified atom stereocenters. The summed E-state index contributed by atoms with van der Waals surface area (Å²) in [5.74, 6) is 0.956. The maximum Gasteiger partial charge on any atom is 0.371 e. The molecule has 0 saturated carbocycles. The largest absolute Gasteiger partial charge is 0.475 e. The highest BCUT2D eigenvalue weighted by Crippen LogP contribution is 2.23. The number of carboxylic acids is 1. The van der Waals surface area contributed by atoms with E-state index in [1.807, 2.05) is 54.6 Å². The Labute approximate surface area is 133 Å². The van der Waals surface area contributed by atoms with Crippen LogP contribution >= 0.6 is 0 Å². The van der Waals surface area contributed by atoms with Crippen LogP contribution in [0.2, 0.25) is 0 Å². The molecule has 0 spiro atoms. The molecular formula is C18H15NO4. The quantitative estimate of drug-likeness (QED) is 0.707. The summed E-state index contributed by atoms with van der Waals surface area (Å²) in [6.45, 7) is 0.409. The fraction of sp³-hybridized carbons (Fsp3) is 0.0556. The molecule has 23 heavy (non-hydrogen) atoms. The lowest BCUT2D eigenvalue weighted by Crippen LogP contribution is -1.98. The third-order valence-electron chi connectivity index (χ3n) is 3.17. The Morgan fingerprint density at radius 3 is 2.30 bits per heavy atom. The van der Waals surface area contributed by atoms with Crippen molar-refractivity contribution in [2.24, 2.45) is 0 Å². The zero-order chi connectivity index (χ0) is 16.1. The Balaban J connectivity index is 1.57. The standard InChI is InChI=1S/C18H15NO4/c20-18(21)17-11-10-16(23-17)12-19-13-6-8-15(9-7-13)22-14-4-2-1-3-5-14/h1-11,19H,12H2,(H,20,21). The lowest BCUT2D eigenvalue weighted by Gasteiger charge is -2.08. The number of furan rings is 1. The maximum absolute atomic E-state index is 10.7. The van der Waals surface area contributed by atoms with Crippen LogP contribution in [0.25, 0.3) is 0 Å². The van der Waals surface area contributed by atoms with Crippen LogP contribution in [0.1, 0.15) is 16.3 Å². The molecule has 0 aliphatic rings. The number of para-hydroxylation sites is 1. The van der Waals surface area contributed by atoms with Crippen LogP contribution in [0.4, 0.5) is 5.69 Å². The second-order valence-corrected chi connectivity index (χ2v) is 4.86. The van der Waals surface area contributed by atoms with Crippen molar-refractivity contribution in [3.8, 4) is 11.5 Å². The lowest BCUT2D eigenvalue weighted by atomic mass is 10.3. The predicted octanol–water partition coefficient (Wildman–Crippen LogP) is 4.38. The van der Waals surface area contributed by atoms with Gasteiger partial charge in [-0.3, -0.25) is 0 Å². The van der Waals surface area contributed by atoms with Crippen molar-refractivity contribution in [2.75, 3.05) is 5.32 Å². The first-order valence-corrected chi connectivity index (χ1v) is 7.09. The van der Waals surface area contributed by atoms with Crippen LogP contribution in [0.15, 0.2) is 71.1 Å². The second kappa shape index (κ2) is 6.70. The number of benzene rings is 2. The Kier molecular flexibility index (Phi) is 4.29. The lowest BCUT2D eigenvalue weighted by molar-refractivity contribution is 0.0660. The zero-order valence-electron chi connectivity index (χ0n) is 12.2. The van der Waals surface area contributed by atoms with Gasteiger partial charge < -0.3 is 19.6 Å². The minimum Gasteiger partial charge on any atom is -0.475 e. The van der Waals surface area contributed by atoms with E-state index in [-0.39, 0.29) is 5.76 Å². The first-order chi connectivity index (χ1) is 11.2. The minimum atomic E-state index is -1.07. The highest BCUT2D eigenvalue weighted by molar-refractivity contribution is 5.84. The molecular weight excluding hydrogens is 294 g/mol. The summed E-state index contributed by atoms with van der Waals surface area (Å²) >= 11 is 0. The second-order valence-electron chi connectivity index (χ2n) is 4.86. The summed E-state index contributed by atoms with van der Waals surface area (Å²) in [6.07, 6.45) is 0. The SMILES string of the molecule is O=C(O)c1ccc(CNc2ccc(Oc3ccccc3)cc2)o1. The van der Waals surface area contributed by atoms with E-state index in [9.17, 15) is 4.79 Å². The van der Waals surface area contributed by atoms with E-state index in [0.29, 0.717) is 12.3 Å². The normalized spacial score (nSPS) is 10.3. The minimum absolute atomic E-state index is 0.0617. The van der Waals surface area contributed by atoms with Crippen LogP contribution in [0.3, 0.4) is 0 Å². The van der Waals surface area contributed by atoms with Crippen LogP contribution in [0, 0.1) is 0 Å². The Hall–Kier alpha value is -3.21. The molecule has 1 aromatic heterocycles. The highest BCUT2D eigenvalue weighted by atomic mass is 16.5. The summed E-state index contributed by atoms with van der Waals surface area (Å²) in [5.41, 5.74) is 0.888. The number of aromatic carboxylic acids is 1. The van der Waals surface area contributed by atoms with Crippen molar-refractivity contribution >= 4 is 11.7 Å². The van der Waals surface area contributed by atoms with Crippen LogP contribution in [0.5, 0.6) is 11.5 Å². The first kappa shape index (κ1) is 14.7. The van der Waals surface area contributed by atoms with Crippen LogP contribution in [-0.2, 0) is 6.54 Å². The molecule has 5 heteroatoms. The molecule has 5 nitrogen and oxygen atoms in total. The van der Waals surface area contributed by atoms with Gasteiger partial charge in [-0.15, -0.1) is 0 Å². The van der Waals surface area contributed by atoms with Gasteiger partial charge in [-0.05, 0) is 48.5 Å². The van der Waals surface area contributed by atoms with E-state index in [1.165, 1.54) is 6.07 Å². The molecule has 0 saturated heterocycles. The van der Waals surface area contributed by atoms with E-state index in [0.717, 1.165) is 17.2 Å². The van der Waals surface area contributed by atoms with Crippen molar-refractivity contribution in [2.45, 2.75) is 6.54 Å². The molecule has 0 radical (unpaired) electrons. The molecule has 116 valence electrons. The van der Waals surface area contributed by atoms with Crippen molar-refractivity contribution in [1.82, 2.24) is 0 Å². The molecule has 3 aromatic rings. The zero-order valence-corrected chi connectivity index (χ0v) is 12.2. The predicted molar refractivity (Wildman–Crippen MR) is 86.0 cm³/mol. The average Bonchev–Trinajstić information content (AvgIpc) is 3.04. The number of hydrogen-bond acceptors (Lipinski definition) is 4. The van der Waals surface area contributed by atoms with Gasteiger partial charge in [0.05, 0.1) is 6.54 Å². The van der Waals surface area contributed by atoms with Gasteiger partial charge in [0.2, 0.25) is 5.76 Å². The Morgan fingerprint density at radius 1 is 0.957 bits per heavy atom. The number of hydrogen-bond donors (Lipinski definition) is 2. The molecule has 0 aliphatic carbocycles. The molecule has 2 aromatic carbocycles. The fourth-order valence-corrected chi connectivity index (χ4v) is 2.04. The fourth-order valence-electron chi connectivity index (χ4n) is 2.04. The Bertz CT molecular complexity index is 778. The van der Waals surface area contributed by atoms with Crippen LogP contribution < -0.4 is 10.1 Å². The molecule has 3 rings (SSSR count). The maximum atomic E-state index is 10.7. The summed E-state index contributed by atoms with van der Waals surface area (Å²) in [7, 11) is 0. The van der Waals surface area contributed by atoms with Gasteiger partial charge in [0.25, 0.3) is 0 Å². The first-order valence-electron chi connectivity index (χ1n) is 7.09. The summed E-state index contributed by atoms with van der Waals surface area (Å²) in [4.78, 5) is 10.7. The van der Waals surface area contributed by atoms with E-state index in [1.54, 1.807) is 6.07 Å². The number of rotatable bonds is 6. The van der Waals surface area contributed by atoms with Gasteiger partial charge in [0.1, 0.15) is 17.3 Å². The number of carbonyl (C=O) groups is 1. The monoisotopic (exact) mass is 309 g/mol. The van der Waals surface area contributed by atoms with Gasteiger partial charge in [-0.2, -0.15) is 0 Å². The third-order valence-corrected chi connectivity index (χ3v) is 3.17. The average molecular weight is 309 g/mol. The molecule has 0 aliphatic heterocycles. The van der Waals surface area contributed by atoms with E-state index < -0.39 is 5.97 Å². The molecule has 0 fully saturated rings. The third kappa shape index (κ3) is 3.91. The van der Waals surface area contributed by atoms with E-state index in [4.69, 9.17) is 14.3 Å². The summed E-state index contributed by atoms with van der Waals surface area (Å²) < 4.78 is 10.9. The van der Waals surface area contributed by atoms with Gasteiger partial charge in [-0.25, -0.2) is 4.79 Å². The van der Waals surface area contributed by atoms with E-state index >= 15 is 0 Å². The number of carboxylic acid groups (broad SMARTS) is 1. The molecule has 0 amide bonds. The van der Waals surface area contributed by atoms with Gasteiger partial charge >= 0.3 is 5.97 Å². The summed E-state index contributed by atoms with van der Waals surface area (Å²) in [6, 6.07) is 20.1. The smallest absolute Gasteiger partial charge is 0.371 e. The topological polar surface area (TPSA) is 71.7 Å². The number of anilines is 1. The van der Waals surface area contributed by atoms with Crippen molar-refractivity contribution in [3.05, 3.63) is 78.3 Å². The number of nitrogens with one attached hydrogen (secondary N) is 1. The molecule has 1 heterocycles. The van der Waals surface area contributed by atoms with Crippen molar-refractivity contribution in [1.29, 1.82) is 0 Å². The Morgan fingerprint density at radius 2 is 1.65 bits per heavy atom.